The Morgan fingerprint density at radius 3 is 2.65 bits per heavy atom. The van der Waals surface area contributed by atoms with Crippen LogP contribution in [0.5, 0.6) is 11.5 Å². The van der Waals surface area contributed by atoms with Crippen LogP contribution in [-0.2, 0) is 0 Å². The second-order valence-corrected chi connectivity index (χ2v) is 4.45. The molecular formula is C11H14N2O4. The van der Waals surface area contributed by atoms with Crippen molar-refractivity contribution in [3.05, 3.63) is 27.8 Å². The molecule has 1 saturated carbocycles. The molecule has 4 N–H and O–H groups in total. The average Bonchev–Trinajstić information content (AvgIpc) is 3.05. The number of nitrogens with two attached hydrogens (primary N) is 1. The molecule has 1 atom stereocenters. The van der Waals surface area contributed by atoms with E-state index in [0.29, 0.717) is 11.5 Å². The standard InChI is InChI=1S/C11H14N2O4/c12-8(3-6-1-2-6)7-4-9(13(16)17)11(15)10(14)5-7/h4-6,8,14-15H,1-3,12H2/t8-/m0/s1. The van der Waals surface area contributed by atoms with E-state index in [1.54, 1.807) is 0 Å². The van der Waals surface area contributed by atoms with Gasteiger partial charge in [-0.2, -0.15) is 0 Å². The van der Waals surface area contributed by atoms with Gasteiger partial charge < -0.3 is 15.9 Å². The lowest BCUT2D eigenvalue weighted by molar-refractivity contribution is -0.386. The zero-order valence-electron chi connectivity index (χ0n) is 9.17. The van der Waals surface area contributed by atoms with Gasteiger partial charge in [0.2, 0.25) is 5.75 Å². The summed E-state index contributed by atoms with van der Waals surface area (Å²) in [5.74, 6) is -0.627. The number of hydrogen-bond acceptors (Lipinski definition) is 5. The minimum atomic E-state index is -0.734. The van der Waals surface area contributed by atoms with Crippen molar-refractivity contribution in [3.8, 4) is 11.5 Å². The Labute approximate surface area is 97.8 Å². The first-order chi connectivity index (χ1) is 7.99. The van der Waals surface area contributed by atoms with Crippen LogP contribution in [0, 0.1) is 16.0 Å². The van der Waals surface area contributed by atoms with Gasteiger partial charge in [0.15, 0.2) is 5.75 Å². The van der Waals surface area contributed by atoms with E-state index >= 15 is 0 Å². The summed E-state index contributed by atoms with van der Waals surface area (Å²) in [5.41, 5.74) is 5.89. The maximum atomic E-state index is 10.7. The van der Waals surface area contributed by atoms with Crippen LogP contribution in [0.25, 0.3) is 0 Å². The van der Waals surface area contributed by atoms with Crippen molar-refractivity contribution in [2.45, 2.75) is 25.3 Å². The van der Waals surface area contributed by atoms with Crippen molar-refractivity contribution in [3.63, 3.8) is 0 Å². The number of hydrogen-bond donors (Lipinski definition) is 3. The smallest absolute Gasteiger partial charge is 0.314 e. The third-order valence-electron chi connectivity index (χ3n) is 3.00. The summed E-state index contributed by atoms with van der Waals surface area (Å²) in [5, 5.41) is 29.4. The second kappa shape index (κ2) is 4.21. The SMILES string of the molecule is N[C@@H](CC1CC1)c1cc(O)c(O)c([N+](=O)[O-])c1. The normalized spacial score (nSPS) is 16.8. The topological polar surface area (TPSA) is 110 Å². The molecule has 0 amide bonds. The van der Waals surface area contributed by atoms with Crippen molar-refractivity contribution >= 4 is 5.69 Å². The van der Waals surface area contributed by atoms with E-state index in [1.165, 1.54) is 12.1 Å². The molecule has 2 rings (SSSR count). The van der Waals surface area contributed by atoms with Crippen LogP contribution in [-0.4, -0.2) is 15.1 Å². The number of aromatic hydroxyl groups is 2. The van der Waals surface area contributed by atoms with Crippen molar-refractivity contribution < 1.29 is 15.1 Å². The first-order valence-corrected chi connectivity index (χ1v) is 5.45. The molecular weight excluding hydrogens is 224 g/mol. The van der Waals surface area contributed by atoms with E-state index in [1.807, 2.05) is 0 Å². The molecule has 6 nitrogen and oxygen atoms in total. The molecule has 0 bridgehead atoms. The number of nitrogens with zero attached hydrogens (tertiary/aromatic N) is 1. The fraction of sp³-hybridized carbons (Fsp3) is 0.455. The summed E-state index contributed by atoms with van der Waals surface area (Å²) < 4.78 is 0. The van der Waals surface area contributed by atoms with Gasteiger partial charge in [0.25, 0.3) is 0 Å². The fourth-order valence-corrected chi connectivity index (χ4v) is 1.83. The van der Waals surface area contributed by atoms with Gasteiger partial charge in [-0.15, -0.1) is 0 Å². The monoisotopic (exact) mass is 238 g/mol. The maximum Gasteiger partial charge on any atom is 0.314 e. The van der Waals surface area contributed by atoms with E-state index in [4.69, 9.17) is 5.73 Å². The van der Waals surface area contributed by atoms with Crippen LogP contribution in [0.15, 0.2) is 12.1 Å². The molecule has 1 aromatic rings. The first kappa shape index (κ1) is 11.7. The summed E-state index contributed by atoms with van der Waals surface area (Å²) in [7, 11) is 0. The van der Waals surface area contributed by atoms with Crippen LogP contribution in [0.4, 0.5) is 5.69 Å². The Morgan fingerprint density at radius 2 is 2.12 bits per heavy atom. The Morgan fingerprint density at radius 1 is 1.47 bits per heavy atom. The Balaban J connectivity index is 2.30. The zero-order chi connectivity index (χ0) is 12.6. The summed E-state index contributed by atoms with van der Waals surface area (Å²) in [4.78, 5) is 9.94. The number of benzene rings is 1. The summed E-state index contributed by atoms with van der Waals surface area (Å²) in [6, 6.07) is 2.17. The lowest BCUT2D eigenvalue weighted by atomic mass is 10.0. The van der Waals surface area contributed by atoms with E-state index in [0.717, 1.165) is 19.3 Å². The van der Waals surface area contributed by atoms with Crippen molar-refractivity contribution in [1.29, 1.82) is 0 Å². The average molecular weight is 238 g/mol. The minimum Gasteiger partial charge on any atom is -0.504 e. The van der Waals surface area contributed by atoms with Crippen molar-refractivity contribution in [2.24, 2.45) is 11.7 Å². The van der Waals surface area contributed by atoms with Crippen LogP contribution in [0.3, 0.4) is 0 Å². The van der Waals surface area contributed by atoms with Gasteiger partial charge in [-0.1, -0.05) is 12.8 Å². The molecule has 0 heterocycles. The number of phenols is 2. The van der Waals surface area contributed by atoms with Gasteiger partial charge in [-0.25, -0.2) is 0 Å². The number of nitro groups is 1. The molecule has 1 aliphatic carbocycles. The summed E-state index contributed by atoms with van der Waals surface area (Å²) in [6.45, 7) is 0. The molecule has 0 aliphatic heterocycles. The number of nitro benzene ring substituents is 1. The third-order valence-corrected chi connectivity index (χ3v) is 3.00. The van der Waals surface area contributed by atoms with Crippen LogP contribution in [0.1, 0.15) is 30.9 Å². The predicted octanol–water partition coefficient (Wildman–Crippen LogP) is 1.81. The molecule has 6 heteroatoms. The molecule has 1 aliphatic rings. The van der Waals surface area contributed by atoms with Crippen LogP contribution in [0.2, 0.25) is 0 Å². The van der Waals surface area contributed by atoms with Crippen LogP contribution < -0.4 is 5.73 Å². The highest BCUT2D eigenvalue weighted by molar-refractivity contribution is 5.56. The molecule has 1 aromatic carbocycles. The highest BCUT2D eigenvalue weighted by Gasteiger charge is 2.27. The Hall–Kier alpha value is -1.82. The molecule has 0 saturated heterocycles. The fourth-order valence-electron chi connectivity index (χ4n) is 1.83. The van der Waals surface area contributed by atoms with Gasteiger partial charge in [-0.05, 0) is 24.0 Å². The highest BCUT2D eigenvalue weighted by atomic mass is 16.6. The molecule has 0 aromatic heterocycles. The van der Waals surface area contributed by atoms with Gasteiger partial charge >= 0.3 is 5.69 Å². The van der Waals surface area contributed by atoms with Gasteiger partial charge in [0, 0.05) is 12.1 Å². The number of rotatable bonds is 4. The second-order valence-electron chi connectivity index (χ2n) is 4.45. The minimum absolute atomic E-state index is 0.340. The van der Waals surface area contributed by atoms with E-state index < -0.39 is 22.1 Å². The Bertz CT molecular complexity index is 457. The summed E-state index contributed by atoms with van der Waals surface area (Å²) >= 11 is 0. The van der Waals surface area contributed by atoms with Crippen LogP contribution >= 0.6 is 0 Å². The van der Waals surface area contributed by atoms with Crippen molar-refractivity contribution in [1.82, 2.24) is 0 Å². The molecule has 92 valence electrons. The number of phenolic OH excluding ortho intramolecular Hbond substituents is 2. The van der Waals surface area contributed by atoms with E-state index in [2.05, 4.69) is 0 Å². The first-order valence-electron chi connectivity index (χ1n) is 5.45. The third kappa shape index (κ3) is 2.47. The van der Waals surface area contributed by atoms with E-state index in [9.17, 15) is 20.3 Å². The van der Waals surface area contributed by atoms with E-state index in [-0.39, 0.29) is 6.04 Å². The lowest BCUT2D eigenvalue weighted by Crippen LogP contribution is -2.11. The predicted molar refractivity (Wildman–Crippen MR) is 60.7 cm³/mol. The lowest BCUT2D eigenvalue weighted by Gasteiger charge is -2.12. The largest absolute Gasteiger partial charge is 0.504 e. The Kier molecular flexibility index (Phi) is 2.89. The quantitative estimate of drug-likeness (QED) is 0.421. The summed E-state index contributed by atoms with van der Waals surface area (Å²) in [6.07, 6.45) is 3.03. The zero-order valence-corrected chi connectivity index (χ0v) is 9.17. The maximum absolute atomic E-state index is 10.7. The molecule has 1 fully saturated rings. The highest BCUT2D eigenvalue weighted by Crippen LogP contribution is 2.41. The van der Waals surface area contributed by atoms with Crippen molar-refractivity contribution in [2.75, 3.05) is 0 Å². The molecule has 17 heavy (non-hydrogen) atoms. The van der Waals surface area contributed by atoms with Gasteiger partial charge in [-0.3, -0.25) is 10.1 Å². The molecule has 0 radical (unpaired) electrons. The molecule has 0 spiro atoms. The molecule has 0 unspecified atom stereocenters. The van der Waals surface area contributed by atoms with Gasteiger partial charge in [0.05, 0.1) is 4.92 Å². The van der Waals surface area contributed by atoms with Gasteiger partial charge in [0.1, 0.15) is 0 Å².